The largest absolute Gasteiger partial charge is 0.452 e. The van der Waals surface area contributed by atoms with Crippen molar-refractivity contribution in [3.8, 4) is 0 Å². The normalized spacial score (nSPS) is 11.8. The molecule has 0 spiro atoms. The molecule has 116 valence electrons. The highest BCUT2D eigenvalue weighted by molar-refractivity contribution is 7.99. The van der Waals surface area contributed by atoms with Crippen molar-refractivity contribution in [1.82, 2.24) is 0 Å². The summed E-state index contributed by atoms with van der Waals surface area (Å²) in [5.74, 6) is -0.199. The van der Waals surface area contributed by atoms with Crippen LogP contribution in [0.5, 0.6) is 0 Å². The molecule has 0 saturated heterocycles. The van der Waals surface area contributed by atoms with Crippen molar-refractivity contribution in [3.05, 3.63) is 29.6 Å². The van der Waals surface area contributed by atoms with E-state index in [4.69, 9.17) is 4.74 Å². The minimum Gasteiger partial charge on any atom is -0.452 e. The van der Waals surface area contributed by atoms with Crippen LogP contribution in [0.1, 0.15) is 25.8 Å². The van der Waals surface area contributed by atoms with E-state index in [9.17, 15) is 14.0 Å². The number of benzene rings is 1. The molecule has 0 radical (unpaired) electrons. The molecule has 0 aliphatic heterocycles. The van der Waals surface area contributed by atoms with Gasteiger partial charge in [0.05, 0.1) is 5.75 Å². The van der Waals surface area contributed by atoms with E-state index in [-0.39, 0.29) is 5.75 Å². The molecule has 21 heavy (non-hydrogen) atoms. The quantitative estimate of drug-likeness (QED) is 0.620. The Morgan fingerprint density at radius 2 is 2.14 bits per heavy atom. The topological polar surface area (TPSA) is 55.4 Å². The lowest BCUT2D eigenvalue weighted by Gasteiger charge is -2.13. The van der Waals surface area contributed by atoms with E-state index in [1.54, 1.807) is 19.1 Å². The van der Waals surface area contributed by atoms with Crippen molar-refractivity contribution >= 4 is 29.3 Å². The van der Waals surface area contributed by atoms with E-state index in [0.717, 1.165) is 12.2 Å². The van der Waals surface area contributed by atoms with Crippen LogP contribution in [-0.2, 0) is 14.3 Å². The average molecular weight is 313 g/mol. The van der Waals surface area contributed by atoms with Gasteiger partial charge >= 0.3 is 5.97 Å². The number of anilines is 1. The molecule has 1 atom stereocenters. The number of carbonyl (C=O) groups excluding carboxylic acids is 2. The predicted octanol–water partition coefficient (Wildman–Crippen LogP) is 3.15. The van der Waals surface area contributed by atoms with Gasteiger partial charge in [0.2, 0.25) is 0 Å². The smallest absolute Gasteiger partial charge is 0.316 e. The molecule has 0 fully saturated rings. The molecule has 0 bridgehead atoms. The predicted molar refractivity (Wildman–Crippen MR) is 82.9 cm³/mol. The average Bonchev–Trinajstić information content (AvgIpc) is 2.43. The maximum absolute atomic E-state index is 13.4. The van der Waals surface area contributed by atoms with E-state index in [2.05, 4.69) is 5.32 Å². The maximum atomic E-state index is 13.4. The first-order chi connectivity index (χ1) is 9.93. The second-order valence-electron chi connectivity index (χ2n) is 4.64. The summed E-state index contributed by atoms with van der Waals surface area (Å²) < 4.78 is 18.4. The summed E-state index contributed by atoms with van der Waals surface area (Å²) in [5.41, 5.74) is 0.840. The number of carbonyl (C=O) groups is 2. The Morgan fingerprint density at radius 3 is 2.76 bits per heavy atom. The highest BCUT2D eigenvalue weighted by atomic mass is 32.2. The lowest BCUT2D eigenvalue weighted by atomic mass is 10.2. The van der Waals surface area contributed by atoms with Crippen molar-refractivity contribution in [2.45, 2.75) is 33.3 Å². The number of ether oxygens (including phenoxy) is 1. The monoisotopic (exact) mass is 313 g/mol. The van der Waals surface area contributed by atoms with Gasteiger partial charge in [0.25, 0.3) is 5.91 Å². The summed E-state index contributed by atoms with van der Waals surface area (Å²) in [7, 11) is 0. The van der Waals surface area contributed by atoms with E-state index in [1.807, 2.05) is 6.92 Å². The molecule has 1 aromatic carbocycles. The van der Waals surface area contributed by atoms with E-state index < -0.39 is 23.8 Å². The minimum atomic E-state index is -0.913. The molecule has 1 amide bonds. The molecule has 4 nitrogen and oxygen atoms in total. The van der Waals surface area contributed by atoms with Gasteiger partial charge in [-0.2, -0.15) is 11.8 Å². The summed E-state index contributed by atoms with van der Waals surface area (Å²) in [6, 6.07) is 4.41. The molecule has 0 heterocycles. The standard InChI is InChI=1S/C15H20FNO3S/c1-4-7-21-9-14(18)20-11(3)15(19)17-12-6-5-10(2)13(16)8-12/h5-6,8,11H,4,7,9H2,1-3H3,(H,17,19)/t11-/m1/s1. The van der Waals surface area contributed by atoms with Crippen molar-refractivity contribution in [2.75, 3.05) is 16.8 Å². The molecule has 0 unspecified atom stereocenters. The zero-order chi connectivity index (χ0) is 15.8. The molecule has 1 rings (SSSR count). The number of aryl methyl sites for hydroxylation is 1. The Morgan fingerprint density at radius 1 is 1.43 bits per heavy atom. The van der Waals surface area contributed by atoms with Gasteiger partial charge in [-0.05, 0) is 43.7 Å². The highest BCUT2D eigenvalue weighted by Crippen LogP contribution is 2.14. The zero-order valence-corrected chi connectivity index (χ0v) is 13.3. The van der Waals surface area contributed by atoms with Gasteiger partial charge in [0.1, 0.15) is 5.82 Å². The number of amides is 1. The minimum absolute atomic E-state index is 0.227. The Balaban J connectivity index is 2.46. The summed E-state index contributed by atoms with van der Waals surface area (Å²) >= 11 is 1.47. The summed E-state index contributed by atoms with van der Waals surface area (Å²) in [5, 5.41) is 2.52. The van der Waals surface area contributed by atoms with Gasteiger partial charge in [-0.25, -0.2) is 4.39 Å². The van der Waals surface area contributed by atoms with Crippen LogP contribution < -0.4 is 5.32 Å². The van der Waals surface area contributed by atoms with Crippen LogP contribution >= 0.6 is 11.8 Å². The summed E-state index contributed by atoms with van der Waals surface area (Å²) in [6.45, 7) is 5.15. The molecule has 1 aromatic rings. The fourth-order valence-electron chi connectivity index (χ4n) is 1.50. The number of thioether (sulfide) groups is 1. The summed E-state index contributed by atoms with van der Waals surface area (Å²) in [4.78, 5) is 23.4. The Hall–Kier alpha value is -1.56. The highest BCUT2D eigenvalue weighted by Gasteiger charge is 2.18. The van der Waals surface area contributed by atoms with Crippen molar-refractivity contribution in [3.63, 3.8) is 0 Å². The second-order valence-corrected chi connectivity index (χ2v) is 5.74. The van der Waals surface area contributed by atoms with Crippen LogP contribution in [0.15, 0.2) is 18.2 Å². The van der Waals surface area contributed by atoms with Gasteiger partial charge in [-0.3, -0.25) is 9.59 Å². The molecule has 1 N–H and O–H groups in total. The number of halogens is 1. The van der Waals surface area contributed by atoms with Gasteiger partial charge < -0.3 is 10.1 Å². The molecule has 0 saturated carbocycles. The Kier molecular flexibility index (Phi) is 7.22. The van der Waals surface area contributed by atoms with Crippen LogP contribution in [0.3, 0.4) is 0 Å². The Labute approximate surface area is 128 Å². The van der Waals surface area contributed by atoms with Crippen molar-refractivity contribution in [1.29, 1.82) is 0 Å². The van der Waals surface area contributed by atoms with E-state index in [0.29, 0.717) is 11.3 Å². The molecular formula is C15H20FNO3S. The van der Waals surface area contributed by atoms with Gasteiger partial charge in [0, 0.05) is 5.69 Å². The first-order valence-electron chi connectivity index (χ1n) is 6.78. The van der Waals surface area contributed by atoms with Crippen LogP contribution in [0, 0.1) is 12.7 Å². The third kappa shape index (κ3) is 6.16. The molecule has 0 aliphatic carbocycles. The van der Waals surface area contributed by atoms with Crippen LogP contribution in [0.2, 0.25) is 0 Å². The van der Waals surface area contributed by atoms with Crippen LogP contribution in [0.4, 0.5) is 10.1 Å². The van der Waals surface area contributed by atoms with Crippen LogP contribution in [-0.4, -0.2) is 29.5 Å². The third-order valence-electron chi connectivity index (χ3n) is 2.69. The fourth-order valence-corrected chi connectivity index (χ4v) is 2.17. The third-order valence-corrected chi connectivity index (χ3v) is 3.82. The number of rotatable bonds is 7. The lowest BCUT2D eigenvalue weighted by molar-refractivity contribution is -0.150. The van der Waals surface area contributed by atoms with Crippen LogP contribution in [0.25, 0.3) is 0 Å². The van der Waals surface area contributed by atoms with Gasteiger partial charge in [-0.15, -0.1) is 0 Å². The van der Waals surface area contributed by atoms with E-state index >= 15 is 0 Å². The number of nitrogens with one attached hydrogen (secondary N) is 1. The van der Waals surface area contributed by atoms with Crippen molar-refractivity contribution in [2.24, 2.45) is 0 Å². The molecule has 6 heteroatoms. The lowest BCUT2D eigenvalue weighted by Crippen LogP contribution is -2.30. The number of hydrogen-bond acceptors (Lipinski definition) is 4. The number of esters is 1. The fraction of sp³-hybridized carbons (Fsp3) is 0.467. The first kappa shape index (κ1) is 17.5. The zero-order valence-electron chi connectivity index (χ0n) is 12.4. The molecular weight excluding hydrogens is 293 g/mol. The second kappa shape index (κ2) is 8.67. The number of hydrogen-bond donors (Lipinski definition) is 1. The van der Waals surface area contributed by atoms with Gasteiger partial charge in [0.15, 0.2) is 6.10 Å². The molecule has 0 aliphatic rings. The van der Waals surface area contributed by atoms with Gasteiger partial charge in [-0.1, -0.05) is 13.0 Å². The van der Waals surface area contributed by atoms with Crippen molar-refractivity contribution < 1.29 is 18.7 Å². The SMILES string of the molecule is CCCSCC(=O)O[C@H](C)C(=O)Nc1ccc(C)c(F)c1. The first-order valence-corrected chi connectivity index (χ1v) is 7.93. The molecule has 0 aromatic heterocycles. The Bertz CT molecular complexity index is 508. The summed E-state index contributed by atoms with van der Waals surface area (Å²) in [6.07, 6.45) is 0.0663. The maximum Gasteiger partial charge on any atom is 0.316 e. The van der Waals surface area contributed by atoms with E-state index in [1.165, 1.54) is 24.8 Å².